The number of carbonyl (C=O) groups is 4. The highest BCUT2D eigenvalue weighted by atomic mass is 32.1. The molecule has 1 rings (SSSR count). The van der Waals surface area contributed by atoms with Crippen LogP contribution in [0.2, 0.25) is 0 Å². The Balaban J connectivity index is 3.00. The van der Waals surface area contributed by atoms with Gasteiger partial charge in [-0.1, -0.05) is 0 Å². The van der Waals surface area contributed by atoms with E-state index in [4.69, 9.17) is 17.2 Å². The van der Waals surface area contributed by atoms with Crippen LogP contribution in [0.5, 0.6) is 0 Å². The predicted octanol–water partition coefficient (Wildman–Crippen LogP) is -3.28. The van der Waals surface area contributed by atoms with Gasteiger partial charge in [0.25, 0.3) is 0 Å². The number of carboxylic acids is 1. The number of hydrogen-bond donors (Lipinski definition) is 8. The first-order valence-electron chi connectivity index (χ1n) is 10.2. The number of likely N-dealkylation sites (tertiary alicyclic amines) is 1. The third-order valence-corrected chi connectivity index (χ3v) is 5.37. The SMILES string of the molecule is CC(O)C(NC(=O)C(N)CS)C(=O)NC(CCCN=C(N)N)C(=O)N1CCCC1C(=O)O. The number of amides is 3. The fourth-order valence-electron chi connectivity index (χ4n) is 3.26. The maximum atomic E-state index is 13.1. The zero-order chi connectivity index (χ0) is 24.4. The van der Waals surface area contributed by atoms with Gasteiger partial charge in [0.2, 0.25) is 17.7 Å². The number of carbonyl (C=O) groups excluding carboxylic acids is 3. The molecule has 0 aromatic heterocycles. The zero-order valence-corrected chi connectivity index (χ0v) is 18.8. The fourth-order valence-corrected chi connectivity index (χ4v) is 3.42. The number of thiol groups is 1. The first-order chi connectivity index (χ1) is 15.0. The highest BCUT2D eigenvalue weighted by Crippen LogP contribution is 2.19. The van der Waals surface area contributed by atoms with Crippen LogP contribution in [-0.2, 0) is 19.2 Å². The first kappa shape index (κ1) is 27.5. The van der Waals surface area contributed by atoms with E-state index in [-0.39, 0.29) is 31.2 Å². The molecule has 0 bridgehead atoms. The summed E-state index contributed by atoms with van der Waals surface area (Å²) in [5.74, 6) is -3.31. The minimum absolute atomic E-state index is 0.0252. The molecule has 1 saturated heterocycles. The van der Waals surface area contributed by atoms with E-state index in [1.807, 2.05) is 0 Å². The number of aliphatic carboxylic acids is 1. The van der Waals surface area contributed by atoms with Crippen LogP contribution in [0, 0.1) is 0 Å². The number of rotatable bonds is 12. The number of nitrogens with zero attached hydrogens (tertiary/aromatic N) is 2. The van der Waals surface area contributed by atoms with E-state index in [9.17, 15) is 29.4 Å². The van der Waals surface area contributed by atoms with Gasteiger partial charge in [-0.3, -0.25) is 19.4 Å². The van der Waals surface area contributed by atoms with Gasteiger partial charge >= 0.3 is 5.97 Å². The molecule has 13 nitrogen and oxygen atoms in total. The Morgan fingerprint density at radius 3 is 2.41 bits per heavy atom. The van der Waals surface area contributed by atoms with Gasteiger partial charge in [0.15, 0.2) is 5.96 Å². The van der Waals surface area contributed by atoms with Crippen molar-refractivity contribution in [1.29, 1.82) is 0 Å². The maximum absolute atomic E-state index is 13.1. The van der Waals surface area contributed by atoms with E-state index in [1.54, 1.807) is 0 Å². The maximum Gasteiger partial charge on any atom is 0.326 e. The van der Waals surface area contributed by atoms with Crippen molar-refractivity contribution >= 4 is 42.3 Å². The average molecular weight is 476 g/mol. The van der Waals surface area contributed by atoms with Crippen LogP contribution in [0.15, 0.2) is 4.99 Å². The molecule has 32 heavy (non-hydrogen) atoms. The largest absolute Gasteiger partial charge is 0.480 e. The second kappa shape index (κ2) is 13.1. The van der Waals surface area contributed by atoms with Gasteiger partial charge in [0.05, 0.1) is 12.1 Å². The van der Waals surface area contributed by atoms with E-state index < -0.39 is 54.0 Å². The lowest BCUT2D eigenvalue weighted by atomic mass is 10.1. The van der Waals surface area contributed by atoms with Crippen molar-refractivity contribution in [3.63, 3.8) is 0 Å². The second-order valence-electron chi connectivity index (χ2n) is 7.55. The quantitative estimate of drug-likeness (QED) is 0.0612. The summed E-state index contributed by atoms with van der Waals surface area (Å²) in [6.07, 6.45) is -0.0336. The van der Waals surface area contributed by atoms with Crippen molar-refractivity contribution in [1.82, 2.24) is 15.5 Å². The van der Waals surface area contributed by atoms with Gasteiger partial charge in [0.1, 0.15) is 18.1 Å². The summed E-state index contributed by atoms with van der Waals surface area (Å²) in [6.45, 7) is 1.73. The van der Waals surface area contributed by atoms with Gasteiger partial charge < -0.3 is 42.9 Å². The Morgan fingerprint density at radius 2 is 1.88 bits per heavy atom. The fraction of sp³-hybridized carbons (Fsp3) is 0.722. The van der Waals surface area contributed by atoms with Crippen LogP contribution in [0.1, 0.15) is 32.6 Å². The van der Waals surface area contributed by atoms with Gasteiger partial charge in [-0.2, -0.15) is 12.6 Å². The van der Waals surface area contributed by atoms with Gasteiger partial charge in [0, 0.05) is 18.8 Å². The monoisotopic (exact) mass is 475 g/mol. The van der Waals surface area contributed by atoms with Crippen LogP contribution in [0.3, 0.4) is 0 Å². The highest BCUT2D eigenvalue weighted by Gasteiger charge is 2.38. The number of nitrogens with two attached hydrogens (primary N) is 3. The van der Waals surface area contributed by atoms with Crippen molar-refractivity contribution in [2.24, 2.45) is 22.2 Å². The second-order valence-corrected chi connectivity index (χ2v) is 7.92. The number of aliphatic hydroxyl groups excluding tert-OH is 1. The van der Waals surface area contributed by atoms with E-state index in [0.717, 1.165) is 0 Å². The summed E-state index contributed by atoms with van der Waals surface area (Å²) >= 11 is 3.92. The van der Waals surface area contributed by atoms with Crippen LogP contribution in [-0.4, -0.2) is 93.9 Å². The van der Waals surface area contributed by atoms with Crippen molar-refractivity contribution in [2.45, 2.75) is 62.9 Å². The number of aliphatic imine (C=N–C) groups is 1. The van der Waals surface area contributed by atoms with E-state index in [2.05, 4.69) is 28.3 Å². The Labute approximate surface area is 191 Å². The number of aliphatic hydroxyl groups is 1. The van der Waals surface area contributed by atoms with E-state index in [1.165, 1.54) is 11.8 Å². The molecular weight excluding hydrogens is 442 g/mol. The Kier molecular flexibility index (Phi) is 11.2. The number of guanidine groups is 1. The first-order valence-corrected chi connectivity index (χ1v) is 10.9. The molecule has 1 fully saturated rings. The lowest BCUT2D eigenvalue weighted by molar-refractivity contribution is -0.149. The Bertz CT molecular complexity index is 716. The molecule has 5 unspecified atom stereocenters. The minimum Gasteiger partial charge on any atom is -0.480 e. The van der Waals surface area contributed by atoms with Crippen molar-refractivity contribution in [2.75, 3.05) is 18.8 Å². The van der Waals surface area contributed by atoms with Crippen LogP contribution >= 0.6 is 12.6 Å². The molecule has 0 spiro atoms. The summed E-state index contributed by atoms with van der Waals surface area (Å²) in [6, 6.07) is -4.46. The number of carboxylic acid groups (broad SMARTS) is 1. The molecule has 1 aliphatic heterocycles. The smallest absolute Gasteiger partial charge is 0.326 e. The normalized spacial score (nSPS) is 19.4. The molecule has 0 aromatic rings. The van der Waals surface area contributed by atoms with Crippen LogP contribution in [0.25, 0.3) is 0 Å². The number of hydrogen-bond acceptors (Lipinski definition) is 8. The van der Waals surface area contributed by atoms with E-state index >= 15 is 0 Å². The van der Waals surface area contributed by atoms with Crippen LogP contribution < -0.4 is 27.8 Å². The molecule has 3 amide bonds. The standard InChI is InChI=1S/C18H33N7O6S/c1-9(26)13(24-14(27)10(19)8-32)15(28)23-11(4-2-6-22-18(20)21)16(29)25-7-3-5-12(25)17(30)31/h9-13,26,32H,2-8,19H2,1H3,(H,23,28)(H,24,27)(H,30,31)(H4,20,21,22). The van der Waals surface area contributed by atoms with Gasteiger partial charge in [-0.05, 0) is 32.6 Å². The Morgan fingerprint density at radius 1 is 1.22 bits per heavy atom. The summed E-state index contributed by atoms with van der Waals surface area (Å²) in [7, 11) is 0. The molecule has 1 aliphatic rings. The minimum atomic E-state index is -1.38. The summed E-state index contributed by atoms with van der Waals surface area (Å²) in [4.78, 5) is 54.5. The molecule has 10 N–H and O–H groups in total. The lowest BCUT2D eigenvalue weighted by Gasteiger charge is -2.29. The predicted molar refractivity (Wildman–Crippen MR) is 120 cm³/mol. The molecule has 0 radical (unpaired) electrons. The molecule has 5 atom stereocenters. The zero-order valence-electron chi connectivity index (χ0n) is 17.9. The summed E-state index contributed by atoms with van der Waals surface area (Å²) in [5, 5.41) is 24.2. The van der Waals surface area contributed by atoms with Crippen molar-refractivity contribution in [3.05, 3.63) is 0 Å². The van der Waals surface area contributed by atoms with E-state index in [0.29, 0.717) is 19.3 Å². The molecule has 0 saturated carbocycles. The topological polar surface area (TPSA) is 226 Å². The molecule has 1 heterocycles. The van der Waals surface area contributed by atoms with Gasteiger partial charge in [-0.15, -0.1) is 0 Å². The molecule has 182 valence electrons. The molecule has 14 heteroatoms. The summed E-state index contributed by atoms with van der Waals surface area (Å²) < 4.78 is 0. The third kappa shape index (κ3) is 8.16. The van der Waals surface area contributed by atoms with Crippen molar-refractivity contribution < 1.29 is 29.4 Å². The molecule has 0 aromatic carbocycles. The summed E-state index contributed by atoms with van der Waals surface area (Å²) in [5.41, 5.74) is 16.2. The third-order valence-electron chi connectivity index (χ3n) is 4.98. The molecular formula is C18H33N7O6S. The highest BCUT2D eigenvalue weighted by molar-refractivity contribution is 7.80. The van der Waals surface area contributed by atoms with Gasteiger partial charge in [-0.25, -0.2) is 4.79 Å². The van der Waals surface area contributed by atoms with Crippen molar-refractivity contribution in [3.8, 4) is 0 Å². The average Bonchev–Trinajstić information content (AvgIpc) is 3.22. The van der Waals surface area contributed by atoms with Crippen LogP contribution in [0.4, 0.5) is 0 Å². The lowest BCUT2D eigenvalue weighted by Crippen LogP contribution is -2.60. The Hall–Kier alpha value is -2.58. The molecule has 0 aliphatic carbocycles. The number of nitrogens with one attached hydrogen (secondary N) is 2.